The van der Waals surface area contributed by atoms with Gasteiger partial charge in [-0.1, -0.05) is 39.0 Å². The maximum absolute atomic E-state index is 12.3. The van der Waals surface area contributed by atoms with Crippen LogP contribution in [0.5, 0.6) is 5.88 Å². The van der Waals surface area contributed by atoms with E-state index in [1.165, 1.54) is 38.8 Å². The van der Waals surface area contributed by atoms with E-state index < -0.39 is 11.4 Å². The van der Waals surface area contributed by atoms with Crippen molar-refractivity contribution in [3.63, 3.8) is 0 Å². The average molecular weight is 354 g/mol. The summed E-state index contributed by atoms with van der Waals surface area (Å²) >= 11 is 0. The van der Waals surface area contributed by atoms with Crippen molar-refractivity contribution in [2.45, 2.75) is 52.0 Å². The van der Waals surface area contributed by atoms with Gasteiger partial charge in [0, 0.05) is 25.0 Å². The monoisotopic (exact) mass is 354 g/mol. The van der Waals surface area contributed by atoms with Crippen LogP contribution in [-0.2, 0) is 6.54 Å². The van der Waals surface area contributed by atoms with E-state index in [-0.39, 0.29) is 40.5 Å². The summed E-state index contributed by atoms with van der Waals surface area (Å²) in [4.78, 5) is 27.5. The summed E-state index contributed by atoms with van der Waals surface area (Å²) in [5.41, 5.74) is -0.273. The molecule has 2 aromatic heterocycles. The third kappa shape index (κ3) is 5.56. The van der Waals surface area contributed by atoms with Gasteiger partial charge in [0.25, 0.3) is 0 Å². The van der Waals surface area contributed by atoms with E-state index in [1.807, 2.05) is 0 Å². The minimum Gasteiger partial charge on any atom is -0.545 e. The molecule has 2 aromatic rings. The van der Waals surface area contributed by atoms with E-state index in [0.717, 1.165) is 19.3 Å². The van der Waals surface area contributed by atoms with E-state index in [2.05, 4.69) is 11.9 Å². The number of carbonyl (C=O) groups excluding carboxylic acids is 1. The van der Waals surface area contributed by atoms with Crippen LogP contribution in [-0.4, -0.2) is 22.6 Å². The first-order chi connectivity index (χ1) is 11.6. The molecule has 0 radical (unpaired) electrons. The van der Waals surface area contributed by atoms with Gasteiger partial charge >= 0.3 is 29.6 Å². The summed E-state index contributed by atoms with van der Waals surface area (Å²) in [7, 11) is 1.50. The number of hydrogen-bond donors (Lipinski definition) is 0. The number of rotatable bonds is 9. The molecular formula is C18H23N2NaO4. The van der Waals surface area contributed by atoms with E-state index >= 15 is 0 Å². The van der Waals surface area contributed by atoms with E-state index in [4.69, 9.17) is 4.74 Å². The van der Waals surface area contributed by atoms with Gasteiger partial charge in [-0.25, -0.2) is 4.98 Å². The van der Waals surface area contributed by atoms with Crippen molar-refractivity contribution in [2.75, 3.05) is 7.11 Å². The van der Waals surface area contributed by atoms with Gasteiger partial charge in [0.1, 0.15) is 0 Å². The van der Waals surface area contributed by atoms with Crippen LogP contribution in [0.2, 0.25) is 0 Å². The van der Waals surface area contributed by atoms with E-state index in [0.29, 0.717) is 17.9 Å². The fourth-order valence-electron chi connectivity index (χ4n) is 2.77. The van der Waals surface area contributed by atoms with Crippen LogP contribution in [0, 0.1) is 0 Å². The molecule has 0 saturated heterocycles. The average Bonchev–Trinajstić information content (AvgIpc) is 2.59. The number of aromatic nitrogens is 2. The number of fused-ring (bicyclic) bond motifs is 1. The molecule has 0 N–H and O–H groups in total. The Morgan fingerprint density at radius 2 is 1.92 bits per heavy atom. The SMILES string of the molecule is CCCCCCCCn1cc(C(=O)[O-])c(=O)c2cnc(OC)cc21.[Na+]. The van der Waals surface area contributed by atoms with Gasteiger partial charge in [-0.3, -0.25) is 4.79 Å². The molecule has 0 bridgehead atoms. The molecule has 0 aliphatic rings. The number of unbranched alkanes of at least 4 members (excludes halogenated alkanes) is 5. The van der Waals surface area contributed by atoms with E-state index in [9.17, 15) is 14.7 Å². The molecule has 0 spiro atoms. The summed E-state index contributed by atoms with van der Waals surface area (Å²) in [6.07, 6.45) is 9.51. The fourth-order valence-corrected chi connectivity index (χ4v) is 2.77. The van der Waals surface area contributed by atoms with Gasteiger partial charge < -0.3 is 19.2 Å². The summed E-state index contributed by atoms with van der Waals surface area (Å²) < 4.78 is 6.89. The van der Waals surface area contributed by atoms with Crippen molar-refractivity contribution >= 4 is 16.9 Å². The molecule has 0 fully saturated rings. The minimum absolute atomic E-state index is 0. The minimum atomic E-state index is -1.46. The molecule has 0 unspecified atom stereocenters. The smallest absolute Gasteiger partial charge is 0.545 e. The standard InChI is InChI=1S/C18H24N2O4.Na/c1-3-4-5-6-7-8-9-20-12-14(18(22)23)17(21)13-11-19-16(24-2)10-15(13)20;/h10-12H,3-9H2,1-2H3,(H,22,23);/q;+1/p-1. The third-order valence-electron chi connectivity index (χ3n) is 4.12. The molecule has 0 amide bonds. The van der Waals surface area contributed by atoms with Gasteiger partial charge in [0.05, 0.1) is 29.5 Å². The molecule has 130 valence electrons. The number of ether oxygens (including phenoxy) is 1. The summed E-state index contributed by atoms with van der Waals surface area (Å²) in [5.74, 6) is -1.07. The van der Waals surface area contributed by atoms with Gasteiger partial charge in [-0.15, -0.1) is 0 Å². The quantitative estimate of drug-likeness (QED) is 0.432. The number of hydrogen-bond acceptors (Lipinski definition) is 5. The molecule has 0 aliphatic heterocycles. The van der Waals surface area contributed by atoms with Crippen molar-refractivity contribution in [3.8, 4) is 5.88 Å². The Kier molecular flexibility index (Phi) is 9.17. The van der Waals surface area contributed by atoms with Crippen LogP contribution in [0.3, 0.4) is 0 Å². The number of carboxylic acid groups (broad SMARTS) is 1. The predicted molar refractivity (Wildman–Crippen MR) is 90.3 cm³/mol. The third-order valence-corrected chi connectivity index (χ3v) is 4.12. The molecule has 0 aromatic carbocycles. The first-order valence-electron chi connectivity index (χ1n) is 8.37. The first kappa shape index (κ1) is 21.7. The summed E-state index contributed by atoms with van der Waals surface area (Å²) in [5, 5.41) is 11.5. The first-order valence-corrected chi connectivity index (χ1v) is 8.37. The molecule has 6 nitrogen and oxygen atoms in total. The Balaban J connectivity index is 0.00000312. The Labute approximate surface area is 169 Å². The van der Waals surface area contributed by atoms with Crippen LogP contribution in [0.25, 0.3) is 10.9 Å². The van der Waals surface area contributed by atoms with Crippen LogP contribution in [0.1, 0.15) is 55.8 Å². The zero-order chi connectivity index (χ0) is 17.5. The number of carboxylic acids is 1. The second kappa shape index (κ2) is 10.6. The van der Waals surface area contributed by atoms with Crippen LogP contribution in [0.15, 0.2) is 23.3 Å². The van der Waals surface area contributed by atoms with Crippen LogP contribution in [0.4, 0.5) is 0 Å². The molecule has 2 heterocycles. The van der Waals surface area contributed by atoms with Gasteiger partial charge in [-0.2, -0.15) is 0 Å². The maximum atomic E-state index is 12.3. The largest absolute Gasteiger partial charge is 1.00 e. The van der Waals surface area contributed by atoms with Crippen LogP contribution >= 0.6 is 0 Å². The zero-order valence-corrected chi connectivity index (χ0v) is 17.2. The molecule has 0 atom stereocenters. The second-order valence-electron chi connectivity index (χ2n) is 5.86. The zero-order valence-electron chi connectivity index (χ0n) is 15.2. The van der Waals surface area contributed by atoms with Crippen molar-refractivity contribution in [2.24, 2.45) is 0 Å². The molecule has 2 rings (SSSR count). The number of pyridine rings is 2. The number of aryl methyl sites for hydroxylation is 1. The van der Waals surface area contributed by atoms with Crippen molar-refractivity contribution in [1.82, 2.24) is 9.55 Å². The number of nitrogens with zero attached hydrogens (tertiary/aromatic N) is 2. The fraction of sp³-hybridized carbons (Fsp3) is 0.500. The van der Waals surface area contributed by atoms with Gasteiger partial charge in [-0.05, 0) is 6.42 Å². The van der Waals surface area contributed by atoms with Crippen molar-refractivity contribution in [1.29, 1.82) is 0 Å². The second-order valence-corrected chi connectivity index (χ2v) is 5.86. The van der Waals surface area contributed by atoms with Crippen molar-refractivity contribution < 1.29 is 44.2 Å². The predicted octanol–water partition coefficient (Wildman–Crippen LogP) is -0.867. The number of carbonyl (C=O) groups is 1. The molecule has 0 saturated carbocycles. The Hall–Kier alpha value is -1.37. The Bertz CT molecular complexity index is 773. The number of aromatic carboxylic acids is 1. The summed E-state index contributed by atoms with van der Waals surface area (Å²) in [6, 6.07) is 1.66. The number of methoxy groups -OCH3 is 1. The molecular weight excluding hydrogens is 331 g/mol. The van der Waals surface area contributed by atoms with Gasteiger partial charge in [0.15, 0.2) is 5.43 Å². The molecule has 0 aliphatic carbocycles. The maximum Gasteiger partial charge on any atom is 1.00 e. The summed E-state index contributed by atoms with van der Waals surface area (Å²) in [6.45, 7) is 2.81. The van der Waals surface area contributed by atoms with Crippen molar-refractivity contribution in [3.05, 3.63) is 34.2 Å². The Morgan fingerprint density at radius 3 is 2.56 bits per heavy atom. The normalized spacial score (nSPS) is 10.5. The molecule has 7 heteroatoms. The van der Waals surface area contributed by atoms with Crippen LogP contribution < -0.4 is 44.8 Å². The topological polar surface area (TPSA) is 84.3 Å². The van der Waals surface area contributed by atoms with Gasteiger partial charge in [0.2, 0.25) is 5.88 Å². The molecule has 25 heavy (non-hydrogen) atoms. The van der Waals surface area contributed by atoms with E-state index in [1.54, 1.807) is 10.6 Å². The Morgan fingerprint density at radius 1 is 1.24 bits per heavy atom.